The van der Waals surface area contributed by atoms with Gasteiger partial charge in [0, 0.05) is 20.2 Å². The van der Waals surface area contributed by atoms with Crippen molar-refractivity contribution in [3.05, 3.63) is 23.1 Å². The van der Waals surface area contributed by atoms with Gasteiger partial charge in [-0.25, -0.2) is 0 Å². The Hall–Kier alpha value is -1.73. The molecule has 0 bridgehead atoms. The molecule has 0 spiro atoms. The number of hydrogen-bond acceptors (Lipinski definition) is 5. The maximum absolute atomic E-state index is 11.6. The summed E-state index contributed by atoms with van der Waals surface area (Å²) in [5.74, 6) is -0.683. The minimum Gasteiger partial charge on any atom is -0.497 e. The van der Waals surface area contributed by atoms with Gasteiger partial charge in [-0.15, -0.1) is 23.1 Å². The fourth-order valence-electron chi connectivity index (χ4n) is 1.95. The minimum absolute atomic E-state index is 0.0180. The average molecular weight is 325 g/mol. The van der Waals surface area contributed by atoms with Crippen molar-refractivity contribution in [3.8, 4) is 5.75 Å². The largest absolute Gasteiger partial charge is 0.497 e. The summed E-state index contributed by atoms with van der Waals surface area (Å²) < 4.78 is 6.13. The van der Waals surface area contributed by atoms with Crippen LogP contribution in [0.2, 0.25) is 0 Å². The van der Waals surface area contributed by atoms with Crippen molar-refractivity contribution in [1.29, 1.82) is 0 Å². The lowest BCUT2D eigenvalue weighted by Crippen LogP contribution is -2.11. The fourth-order valence-corrected chi connectivity index (χ4v) is 4.34. The zero-order valence-electron chi connectivity index (χ0n) is 11.6. The fraction of sp³-hybridized carbons (Fsp3) is 0.286. The molecule has 0 aliphatic carbocycles. The Bertz CT molecular complexity index is 696. The number of carbonyl (C=O) groups excluding carboxylic acids is 1. The molecule has 0 aliphatic heterocycles. The number of fused-ring (bicyclic) bond motifs is 1. The summed E-state index contributed by atoms with van der Waals surface area (Å²) in [6, 6.07) is 5.53. The summed E-state index contributed by atoms with van der Waals surface area (Å²) in [5.41, 5.74) is 5.44. The number of ether oxygens (including phenoxy) is 1. The molecule has 1 amide bonds. The summed E-state index contributed by atoms with van der Waals surface area (Å²) in [6.07, 6.45) is 0.0180. The Morgan fingerprint density at radius 2 is 2.19 bits per heavy atom. The molecule has 0 radical (unpaired) electrons. The second-order valence-corrected chi connectivity index (χ2v) is 7.01. The highest BCUT2D eigenvalue weighted by Gasteiger charge is 2.20. The van der Waals surface area contributed by atoms with Crippen molar-refractivity contribution < 1.29 is 19.4 Å². The monoisotopic (exact) mass is 325 g/mol. The molecule has 21 heavy (non-hydrogen) atoms. The van der Waals surface area contributed by atoms with Gasteiger partial charge in [0.1, 0.15) is 10.6 Å². The number of thioether (sulfide) groups is 1. The molecule has 1 unspecified atom stereocenters. The molecule has 1 aromatic heterocycles. The van der Waals surface area contributed by atoms with E-state index < -0.39 is 11.9 Å². The standard InChI is InChI=1S/C14H15NO4S2/c1-7(5-11(16)17)20-12-9-6-8(19-2)3-4-10(9)21-13(12)14(15)18/h3-4,6-7H,5H2,1-2H3,(H2,15,18)(H,16,17). The molecule has 1 atom stereocenters. The number of primary amides is 1. The van der Waals surface area contributed by atoms with Crippen molar-refractivity contribution in [1.82, 2.24) is 0 Å². The van der Waals surface area contributed by atoms with E-state index in [0.29, 0.717) is 10.6 Å². The van der Waals surface area contributed by atoms with E-state index in [1.807, 2.05) is 25.1 Å². The molecule has 0 saturated heterocycles. The average Bonchev–Trinajstić information content (AvgIpc) is 2.76. The molecular formula is C14H15NO4S2. The summed E-state index contributed by atoms with van der Waals surface area (Å²) in [6.45, 7) is 1.81. The molecule has 0 saturated carbocycles. The van der Waals surface area contributed by atoms with Crippen LogP contribution in [0.25, 0.3) is 10.1 Å². The SMILES string of the molecule is COc1ccc2sc(C(N)=O)c(SC(C)CC(=O)O)c2c1. The van der Waals surface area contributed by atoms with E-state index in [2.05, 4.69) is 0 Å². The molecule has 0 aliphatic rings. The van der Waals surface area contributed by atoms with Crippen molar-refractivity contribution in [2.75, 3.05) is 7.11 Å². The molecular weight excluding hydrogens is 310 g/mol. The number of rotatable bonds is 6. The van der Waals surface area contributed by atoms with E-state index in [1.54, 1.807) is 7.11 Å². The smallest absolute Gasteiger partial charge is 0.304 e. The van der Waals surface area contributed by atoms with E-state index in [-0.39, 0.29) is 11.7 Å². The highest BCUT2D eigenvalue weighted by Crippen LogP contribution is 2.41. The van der Waals surface area contributed by atoms with Gasteiger partial charge in [0.25, 0.3) is 5.91 Å². The summed E-state index contributed by atoms with van der Waals surface area (Å²) in [5, 5.41) is 9.57. The van der Waals surface area contributed by atoms with E-state index in [0.717, 1.165) is 15.0 Å². The van der Waals surface area contributed by atoms with Crippen LogP contribution in [0.1, 0.15) is 23.0 Å². The maximum atomic E-state index is 11.6. The van der Waals surface area contributed by atoms with Crippen LogP contribution in [0.15, 0.2) is 23.1 Å². The Morgan fingerprint density at radius 3 is 2.76 bits per heavy atom. The lowest BCUT2D eigenvalue weighted by atomic mass is 10.2. The zero-order valence-corrected chi connectivity index (χ0v) is 13.2. The number of benzene rings is 1. The van der Waals surface area contributed by atoms with Gasteiger partial charge in [-0.05, 0) is 18.2 Å². The highest BCUT2D eigenvalue weighted by molar-refractivity contribution is 8.00. The van der Waals surface area contributed by atoms with Crippen LogP contribution in [-0.2, 0) is 4.79 Å². The summed E-state index contributed by atoms with van der Waals surface area (Å²) in [7, 11) is 1.57. The van der Waals surface area contributed by atoms with Crippen LogP contribution in [0.3, 0.4) is 0 Å². The molecule has 2 aromatic rings. The van der Waals surface area contributed by atoms with Crippen LogP contribution >= 0.6 is 23.1 Å². The molecule has 3 N–H and O–H groups in total. The van der Waals surface area contributed by atoms with Crippen molar-refractivity contribution >= 4 is 45.1 Å². The van der Waals surface area contributed by atoms with Gasteiger partial charge in [-0.3, -0.25) is 9.59 Å². The molecule has 1 aromatic carbocycles. The second-order valence-electron chi connectivity index (χ2n) is 4.51. The predicted molar refractivity (Wildman–Crippen MR) is 84.5 cm³/mol. The number of thiophene rings is 1. The van der Waals surface area contributed by atoms with Crippen molar-refractivity contribution in [2.24, 2.45) is 5.73 Å². The van der Waals surface area contributed by atoms with Gasteiger partial charge in [0.2, 0.25) is 0 Å². The highest BCUT2D eigenvalue weighted by atomic mass is 32.2. The third-order valence-electron chi connectivity index (χ3n) is 2.85. The van der Waals surface area contributed by atoms with Gasteiger partial charge in [-0.2, -0.15) is 0 Å². The lowest BCUT2D eigenvalue weighted by Gasteiger charge is -2.09. The third-order valence-corrected chi connectivity index (χ3v) is 5.40. The van der Waals surface area contributed by atoms with Crippen LogP contribution in [0.5, 0.6) is 5.75 Å². The van der Waals surface area contributed by atoms with Gasteiger partial charge in [-0.1, -0.05) is 6.92 Å². The number of carbonyl (C=O) groups is 2. The summed E-state index contributed by atoms with van der Waals surface area (Å²) in [4.78, 5) is 23.6. The van der Waals surface area contributed by atoms with Crippen LogP contribution in [-0.4, -0.2) is 29.3 Å². The number of methoxy groups -OCH3 is 1. The summed E-state index contributed by atoms with van der Waals surface area (Å²) >= 11 is 2.67. The Balaban J connectivity index is 2.49. The zero-order chi connectivity index (χ0) is 15.6. The molecule has 2 rings (SSSR count). The Labute approximate surface area is 130 Å². The third kappa shape index (κ3) is 3.48. The number of carboxylic acid groups (broad SMARTS) is 1. The lowest BCUT2D eigenvalue weighted by molar-refractivity contribution is -0.136. The molecule has 1 heterocycles. The molecule has 5 nitrogen and oxygen atoms in total. The number of carboxylic acids is 1. The van der Waals surface area contributed by atoms with Gasteiger partial charge in [0.05, 0.1) is 13.5 Å². The number of nitrogens with two attached hydrogens (primary N) is 1. The molecule has 112 valence electrons. The van der Waals surface area contributed by atoms with E-state index >= 15 is 0 Å². The van der Waals surface area contributed by atoms with Gasteiger partial charge in [0.15, 0.2) is 0 Å². The number of hydrogen-bond donors (Lipinski definition) is 2. The Morgan fingerprint density at radius 1 is 1.48 bits per heavy atom. The van der Waals surface area contributed by atoms with Crippen molar-refractivity contribution in [3.63, 3.8) is 0 Å². The second kappa shape index (κ2) is 6.36. The predicted octanol–water partition coefficient (Wildman–Crippen LogP) is 2.96. The minimum atomic E-state index is -0.868. The first kappa shape index (κ1) is 15.7. The van der Waals surface area contributed by atoms with E-state index in [9.17, 15) is 9.59 Å². The van der Waals surface area contributed by atoms with Crippen LogP contribution in [0.4, 0.5) is 0 Å². The first-order valence-corrected chi connectivity index (χ1v) is 7.90. The normalized spacial score (nSPS) is 12.3. The number of aliphatic carboxylic acids is 1. The maximum Gasteiger partial charge on any atom is 0.304 e. The molecule has 7 heteroatoms. The van der Waals surface area contributed by atoms with E-state index in [4.69, 9.17) is 15.6 Å². The topological polar surface area (TPSA) is 89.6 Å². The molecule has 0 fully saturated rings. The Kier molecular flexibility index (Phi) is 4.74. The first-order valence-electron chi connectivity index (χ1n) is 6.21. The van der Waals surface area contributed by atoms with E-state index in [1.165, 1.54) is 23.1 Å². The van der Waals surface area contributed by atoms with Gasteiger partial charge < -0.3 is 15.6 Å². The van der Waals surface area contributed by atoms with Crippen molar-refractivity contribution in [2.45, 2.75) is 23.5 Å². The van der Waals surface area contributed by atoms with Crippen LogP contribution < -0.4 is 10.5 Å². The number of amides is 1. The quantitative estimate of drug-likeness (QED) is 0.797. The van der Waals surface area contributed by atoms with Gasteiger partial charge >= 0.3 is 5.97 Å². The first-order chi connectivity index (χ1) is 9.92. The van der Waals surface area contributed by atoms with Crippen LogP contribution in [0, 0.1) is 0 Å².